The van der Waals surface area contributed by atoms with Gasteiger partial charge in [-0.3, -0.25) is 9.59 Å². The molecule has 3 rings (SSSR count). The van der Waals surface area contributed by atoms with E-state index in [1.807, 2.05) is 0 Å². The van der Waals surface area contributed by atoms with Gasteiger partial charge in [0.1, 0.15) is 17.6 Å². The second-order valence-corrected chi connectivity index (χ2v) is 7.34. The monoisotopic (exact) mass is 420 g/mol. The average molecular weight is 421 g/mol. The molecule has 7 nitrogen and oxygen atoms in total. The molecule has 2 aromatic heterocycles. The highest BCUT2D eigenvalue weighted by Crippen LogP contribution is 2.29. The van der Waals surface area contributed by atoms with Crippen LogP contribution in [0.4, 0.5) is 5.69 Å². The van der Waals surface area contributed by atoms with Gasteiger partial charge < -0.3 is 24.9 Å². The van der Waals surface area contributed by atoms with Crippen molar-refractivity contribution in [1.82, 2.24) is 5.32 Å². The first-order valence-corrected chi connectivity index (χ1v) is 9.40. The number of furan rings is 1. The number of aliphatic hydroxyl groups excluding tert-OH is 1. The average Bonchev–Trinajstić information content (AvgIpc) is 3.38. The first-order chi connectivity index (χ1) is 13.5. The molecular formula is C19H17ClN2O5S. The molecule has 0 aliphatic carbocycles. The fourth-order valence-corrected chi connectivity index (χ4v) is 3.55. The third-order valence-electron chi connectivity index (χ3n) is 3.80. The van der Waals surface area contributed by atoms with E-state index >= 15 is 0 Å². The maximum absolute atomic E-state index is 12.1. The molecule has 28 heavy (non-hydrogen) atoms. The molecule has 0 saturated carbocycles. The number of methoxy groups -OCH3 is 1. The molecule has 0 saturated heterocycles. The van der Waals surface area contributed by atoms with Crippen LogP contribution in [0.25, 0.3) is 0 Å². The summed E-state index contributed by atoms with van der Waals surface area (Å²) >= 11 is 7.22. The summed E-state index contributed by atoms with van der Waals surface area (Å²) < 4.78 is 10.3. The highest BCUT2D eigenvalue weighted by atomic mass is 35.5. The molecule has 1 aromatic carbocycles. The number of carbonyl (C=O) groups is 2. The van der Waals surface area contributed by atoms with Crippen LogP contribution in [0.3, 0.4) is 0 Å². The molecule has 146 valence electrons. The van der Waals surface area contributed by atoms with Gasteiger partial charge >= 0.3 is 11.8 Å². The number of hydrogen-bond donors (Lipinski definition) is 3. The van der Waals surface area contributed by atoms with Crippen molar-refractivity contribution in [3.8, 4) is 5.75 Å². The van der Waals surface area contributed by atoms with Gasteiger partial charge in [0.15, 0.2) is 0 Å². The van der Waals surface area contributed by atoms with Crippen LogP contribution in [0.5, 0.6) is 5.75 Å². The maximum atomic E-state index is 12.1. The molecule has 2 amide bonds. The number of aliphatic hydroxyl groups is 1. The Kier molecular flexibility index (Phi) is 6.35. The fourth-order valence-electron chi connectivity index (χ4n) is 2.43. The van der Waals surface area contributed by atoms with Crippen molar-refractivity contribution >= 4 is 40.4 Å². The second kappa shape index (κ2) is 8.92. The topological polar surface area (TPSA) is 101 Å². The Bertz CT molecular complexity index is 971. The standard InChI is InChI=1S/C19H17ClN2O5S/c1-26-14-6-4-11(20)9-13(14)22-19(25)18(24)21-10-12-5-7-16(28-12)17(23)15-3-2-8-27-15/h2-9,17,23H,10H2,1H3,(H,21,24)(H,22,25). The van der Waals surface area contributed by atoms with Crippen LogP contribution in [-0.2, 0) is 16.1 Å². The minimum Gasteiger partial charge on any atom is -0.495 e. The Morgan fingerprint density at radius 2 is 2.07 bits per heavy atom. The van der Waals surface area contributed by atoms with Crippen LogP contribution < -0.4 is 15.4 Å². The van der Waals surface area contributed by atoms with Gasteiger partial charge in [0.25, 0.3) is 0 Å². The first-order valence-electron chi connectivity index (χ1n) is 8.20. The molecular weight excluding hydrogens is 404 g/mol. The number of amides is 2. The van der Waals surface area contributed by atoms with Gasteiger partial charge in [0.2, 0.25) is 0 Å². The quantitative estimate of drug-likeness (QED) is 0.531. The molecule has 3 aromatic rings. The van der Waals surface area contributed by atoms with Crippen LogP contribution in [0, 0.1) is 0 Å². The largest absolute Gasteiger partial charge is 0.495 e. The van der Waals surface area contributed by atoms with Gasteiger partial charge in [-0.25, -0.2) is 0 Å². The van der Waals surface area contributed by atoms with E-state index in [-0.39, 0.29) is 6.54 Å². The highest BCUT2D eigenvalue weighted by molar-refractivity contribution is 7.12. The summed E-state index contributed by atoms with van der Waals surface area (Å²) in [5.41, 5.74) is 0.301. The number of hydrogen-bond acceptors (Lipinski definition) is 6. The minimum absolute atomic E-state index is 0.147. The number of ether oxygens (including phenoxy) is 1. The van der Waals surface area contributed by atoms with Crippen molar-refractivity contribution in [1.29, 1.82) is 0 Å². The van der Waals surface area contributed by atoms with Crippen molar-refractivity contribution in [2.24, 2.45) is 0 Å². The van der Waals surface area contributed by atoms with Gasteiger partial charge in [-0.1, -0.05) is 11.6 Å². The molecule has 0 aliphatic rings. The molecule has 2 heterocycles. The lowest BCUT2D eigenvalue weighted by Gasteiger charge is -2.10. The zero-order valence-corrected chi connectivity index (χ0v) is 16.3. The fraction of sp³-hybridized carbons (Fsp3) is 0.158. The minimum atomic E-state index is -0.872. The van der Waals surface area contributed by atoms with Crippen molar-refractivity contribution < 1.29 is 23.8 Å². The predicted octanol–water partition coefficient (Wildman–Crippen LogP) is 3.34. The van der Waals surface area contributed by atoms with E-state index in [0.29, 0.717) is 27.1 Å². The van der Waals surface area contributed by atoms with E-state index in [2.05, 4.69) is 10.6 Å². The second-order valence-electron chi connectivity index (χ2n) is 5.70. The summed E-state index contributed by atoms with van der Waals surface area (Å²) in [4.78, 5) is 25.6. The van der Waals surface area contributed by atoms with Crippen LogP contribution in [-0.4, -0.2) is 24.0 Å². The summed E-state index contributed by atoms with van der Waals surface area (Å²) in [6, 6.07) is 11.6. The molecule has 3 N–H and O–H groups in total. The number of rotatable bonds is 6. The van der Waals surface area contributed by atoms with Gasteiger partial charge in [-0.15, -0.1) is 11.3 Å². The normalized spacial score (nSPS) is 11.7. The van der Waals surface area contributed by atoms with Gasteiger partial charge in [0, 0.05) is 14.8 Å². The molecule has 0 aliphatic heterocycles. The van der Waals surface area contributed by atoms with Crippen molar-refractivity contribution in [2.45, 2.75) is 12.6 Å². The van der Waals surface area contributed by atoms with Crippen molar-refractivity contribution in [2.75, 3.05) is 12.4 Å². The van der Waals surface area contributed by atoms with E-state index in [9.17, 15) is 14.7 Å². The third kappa shape index (κ3) is 4.72. The lowest BCUT2D eigenvalue weighted by Crippen LogP contribution is -2.34. The zero-order chi connectivity index (χ0) is 20.1. The number of thiophene rings is 1. The maximum Gasteiger partial charge on any atom is 0.313 e. The van der Waals surface area contributed by atoms with Gasteiger partial charge in [-0.05, 0) is 42.5 Å². The third-order valence-corrected chi connectivity index (χ3v) is 5.18. The van der Waals surface area contributed by atoms with E-state index < -0.39 is 17.9 Å². The summed E-state index contributed by atoms with van der Waals surface area (Å²) in [7, 11) is 1.45. The predicted molar refractivity (Wildman–Crippen MR) is 106 cm³/mol. The van der Waals surface area contributed by atoms with E-state index in [1.165, 1.54) is 30.8 Å². The van der Waals surface area contributed by atoms with Crippen LogP contribution in [0.2, 0.25) is 5.02 Å². The molecule has 9 heteroatoms. The van der Waals surface area contributed by atoms with Crippen molar-refractivity contribution in [3.63, 3.8) is 0 Å². The van der Waals surface area contributed by atoms with E-state index in [0.717, 1.165) is 4.88 Å². The first kappa shape index (κ1) is 19.9. The van der Waals surface area contributed by atoms with Gasteiger partial charge in [-0.2, -0.15) is 0 Å². The Morgan fingerprint density at radius 3 is 2.79 bits per heavy atom. The van der Waals surface area contributed by atoms with Crippen LogP contribution in [0.15, 0.2) is 53.1 Å². The summed E-state index contributed by atoms with van der Waals surface area (Å²) in [6.45, 7) is 0.147. The molecule has 1 atom stereocenters. The number of nitrogens with one attached hydrogen (secondary N) is 2. The van der Waals surface area contributed by atoms with Gasteiger partial charge in [0.05, 0.1) is 25.6 Å². The summed E-state index contributed by atoms with van der Waals surface area (Å²) in [5, 5.41) is 15.6. The Labute approximate surface area is 169 Å². The van der Waals surface area contributed by atoms with Crippen LogP contribution >= 0.6 is 22.9 Å². The smallest absolute Gasteiger partial charge is 0.313 e. The molecule has 1 unspecified atom stereocenters. The number of halogens is 1. The van der Waals surface area contributed by atoms with Crippen LogP contribution in [0.1, 0.15) is 21.6 Å². The summed E-state index contributed by atoms with van der Waals surface area (Å²) in [5.74, 6) is -0.816. The Morgan fingerprint density at radius 1 is 1.25 bits per heavy atom. The van der Waals surface area contributed by atoms with Crippen molar-refractivity contribution in [3.05, 3.63) is 69.3 Å². The Balaban J connectivity index is 1.57. The molecule has 0 fully saturated rings. The zero-order valence-electron chi connectivity index (χ0n) is 14.8. The molecule has 0 spiro atoms. The van der Waals surface area contributed by atoms with E-state index in [4.69, 9.17) is 20.8 Å². The number of anilines is 1. The number of carbonyl (C=O) groups excluding carboxylic acids is 2. The van der Waals surface area contributed by atoms with E-state index in [1.54, 1.807) is 36.4 Å². The Hall–Kier alpha value is -2.81. The summed E-state index contributed by atoms with van der Waals surface area (Å²) in [6.07, 6.45) is 0.615. The SMILES string of the molecule is COc1ccc(Cl)cc1NC(=O)C(=O)NCc1ccc(C(O)c2ccco2)s1. The molecule has 0 bridgehead atoms. The lowest BCUT2D eigenvalue weighted by atomic mass is 10.2. The highest BCUT2D eigenvalue weighted by Gasteiger charge is 2.18. The lowest BCUT2D eigenvalue weighted by molar-refractivity contribution is -0.136. The molecule has 0 radical (unpaired) electrons. The number of benzene rings is 1.